The Balaban J connectivity index is 2.02. The SMILES string of the molecule is O=C(Cc1ccccc1Br)C1CCCS1. The van der Waals surface area contributed by atoms with Gasteiger partial charge in [0.05, 0.1) is 5.25 Å². The Bertz CT molecular complexity index is 358. The minimum atomic E-state index is 0.247. The fraction of sp³-hybridized carbons (Fsp3) is 0.417. The number of hydrogen-bond acceptors (Lipinski definition) is 2. The Morgan fingerprint density at radius 2 is 2.27 bits per heavy atom. The molecule has 0 aromatic heterocycles. The van der Waals surface area contributed by atoms with Gasteiger partial charge in [0.25, 0.3) is 0 Å². The van der Waals surface area contributed by atoms with Gasteiger partial charge >= 0.3 is 0 Å². The summed E-state index contributed by atoms with van der Waals surface area (Å²) < 4.78 is 1.04. The molecule has 0 bridgehead atoms. The second kappa shape index (κ2) is 5.17. The van der Waals surface area contributed by atoms with Crippen LogP contribution in [0.15, 0.2) is 28.7 Å². The van der Waals surface area contributed by atoms with Crippen molar-refractivity contribution in [1.29, 1.82) is 0 Å². The maximum atomic E-state index is 11.9. The lowest BCUT2D eigenvalue weighted by Crippen LogP contribution is -2.16. The lowest BCUT2D eigenvalue weighted by Gasteiger charge is -2.08. The van der Waals surface area contributed by atoms with Crippen LogP contribution in [0.25, 0.3) is 0 Å². The molecule has 0 spiro atoms. The normalized spacial score (nSPS) is 20.5. The molecule has 0 amide bonds. The van der Waals surface area contributed by atoms with Crippen LogP contribution in [0.3, 0.4) is 0 Å². The predicted octanol–water partition coefficient (Wildman–Crippen LogP) is 3.46. The lowest BCUT2D eigenvalue weighted by molar-refractivity contribution is -0.117. The van der Waals surface area contributed by atoms with E-state index < -0.39 is 0 Å². The molecule has 1 saturated heterocycles. The molecule has 80 valence electrons. The van der Waals surface area contributed by atoms with E-state index in [4.69, 9.17) is 0 Å². The minimum Gasteiger partial charge on any atom is -0.298 e. The van der Waals surface area contributed by atoms with Crippen molar-refractivity contribution in [2.75, 3.05) is 5.75 Å². The van der Waals surface area contributed by atoms with E-state index in [0.29, 0.717) is 12.2 Å². The van der Waals surface area contributed by atoms with Crippen LogP contribution in [0.4, 0.5) is 0 Å². The third-order valence-corrected chi connectivity index (χ3v) is 4.81. The van der Waals surface area contributed by atoms with Gasteiger partial charge < -0.3 is 0 Å². The molecule has 0 saturated carbocycles. The van der Waals surface area contributed by atoms with Crippen molar-refractivity contribution >= 4 is 33.5 Å². The Kier molecular flexibility index (Phi) is 3.87. The van der Waals surface area contributed by atoms with Crippen molar-refractivity contribution < 1.29 is 4.79 Å². The topological polar surface area (TPSA) is 17.1 Å². The van der Waals surface area contributed by atoms with Crippen molar-refractivity contribution in [3.05, 3.63) is 34.3 Å². The highest BCUT2D eigenvalue weighted by molar-refractivity contribution is 9.10. The fourth-order valence-electron chi connectivity index (χ4n) is 1.77. The van der Waals surface area contributed by atoms with E-state index in [1.165, 1.54) is 6.42 Å². The molecule has 1 aromatic carbocycles. The van der Waals surface area contributed by atoms with Gasteiger partial charge in [-0.05, 0) is 30.2 Å². The lowest BCUT2D eigenvalue weighted by atomic mass is 10.1. The van der Waals surface area contributed by atoms with Crippen molar-refractivity contribution in [2.24, 2.45) is 0 Å². The maximum Gasteiger partial charge on any atom is 0.150 e. The first-order valence-corrected chi connectivity index (χ1v) is 6.99. The molecule has 3 heteroatoms. The average molecular weight is 285 g/mol. The summed E-state index contributed by atoms with van der Waals surface area (Å²) in [7, 11) is 0. The van der Waals surface area contributed by atoms with Gasteiger partial charge in [0.1, 0.15) is 5.78 Å². The number of rotatable bonds is 3. The van der Waals surface area contributed by atoms with Crippen LogP contribution in [0, 0.1) is 0 Å². The highest BCUT2D eigenvalue weighted by atomic mass is 79.9. The Hall–Kier alpha value is -0.280. The van der Waals surface area contributed by atoms with Crippen molar-refractivity contribution in [2.45, 2.75) is 24.5 Å². The highest BCUT2D eigenvalue weighted by Crippen LogP contribution is 2.28. The number of halogens is 1. The molecule has 1 aliphatic rings. The van der Waals surface area contributed by atoms with Gasteiger partial charge in [-0.3, -0.25) is 4.79 Å². The van der Waals surface area contributed by atoms with E-state index in [1.807, 2.05) is 36.0 Å². The molecular weight excluding hydrogens is 272 g/mol. The number of Topliss-reactive ketones (excluding diaryl/α,β-unsaturated/α-hetero) is 1. The molecule has 0 N–H and O–H groups in total. The first-order valence-electron chi connectivity index (χ1n) is 5.15. The quantitative estimate of drug-likeness (QED) is 0.846. The third-order valence-electron chi connectivity index (χ3n) is 2.61. The number of thioether (sulfide) groups is 1. The van der Waals surface area contributed by atoms with Crippen LogP contribution in [0.5, 0.6) is 0 Å². The van der Waals surface area contributed by atoms with Gasteiger partial charge in [0, 0.05) is 10.9 Å². The molecule has 2 rings (SSSR count). The maximum absolute atomic E-state index is 11.9. The smallest absolute Gasteiger partial charge is 0.150 e. The highest BCUT2D eigenvalue weighted by Gasteiger charge is 2.23. The number of carbonyl (C=O) groups excluding carboxylic acids is 1. The molecule has 1 aliphatic heterocycles. The predicted molar refractivity (Wildman–Crippen MR) is 68.3 cm³/mol. The average Bonchev–Trinajstić information content (AvgIpc) is 2.74. The van der Waals surface area contributed by atoms with Gasteiger partial charge in [0.2, 0.25) is 0 Å². The Morgan fingerprint density at radius 1 is 1.47 bits per heavy atom. The van der Waals surface area contributed by atoms with Gasteiger partial charge in [0.15, 0.2) is 0 Å². The van der Waals surface area contributed by atoms with Crippen LogP contribution < -0.4 is 0 Å². The monoisotopic (exact) mass is 284 g/mol. The second-order valence-electron chi connectivity index (χ2n) is 3.74. The van der Waals surface area contributed by atoms with E-state index in [9.17, 15) is 4.79 Å². The zero-order valence-electron chi connectivity index (χ0n) is 8.41. The van der Waals surface area contributed by atoms with Crippen molar-refractivity contribution in [3.8, 4) is 0 Å². The summed E-state index contributed by atoms with van der Waals surface area (Å²) in [5.74, 6) is 1.52. The zero-order chi connectivity index (χ0) is 10.7. The summed E-state index contributed by atoms with van der Waals surface area (Å²) in [6, 6.07) is 7.96. The van der Waals surface area contributed by atoms with Crippen LogP contribution in [-0.2, 0) is 11.2 Å². The molecule has 1 nitrogen and oxygen atoms in total. The molecule has 1 unspecified atom stereocenters. The summed E-state index contributed by atoms with van der Waals surface area (Å²) in [5, 5.41) is 0.247. The minimum absolute atomic E-state index is 0.247. The second-order valence-corrected chi connectivity index (χ2v) is 5.90. The van der Waals surface area contributed by atoms with Gasteiger partial charge in [-0.15, -0.1) is 0 Å². The van der Waals surface area contributed by atoms with E-state index in [1.54, 1.807) is 0 Å². The molecule has 15 heavy (non-hydrogen) atoms. The molecule has 0 aliphatic carbocycles. The Labute approximate surface area is 103 Å². The Morgan fingerprint density at radius 3 is 2.93 bits per heavy atom. The van der Waals surface area contributed by atoms with Gasteiger partial charge in [-0.1, -0.05) is 34.1 Å². The fourth-order valence-corrected chi connectivity index (χ4v) is 3.42. The van der Waals surface area contributed by atoms with E-state index in [-0.39, 0.29) is 5.25 Å². The van der Waals surface area contributed by atoms with Crippen molar-refractivity contribution in [1.82, 2.24) is 0 Å². The number of benzene rings is 1. The summed E-state index contributed by atoms with van der Waals surface area (Å²) in [4.78, 5) is 11.9. The first kappa shape index (κ1) is 11.2. The van der Waals surface area contributed by atoms with E-state index >= 15 is 0 Å². The first-order chi connectivity index (χ1) is 7.27. The molecular formula is C12H13BrOS. The molecule has 1 fully saturated rings. The zero-order valence-corrected chi connectivity index (χ0v) is 10.8. The molecule has 1 heterocycles. The summed E-state index contributed by atoms with van der Waals surface area (Å²) in [5.41, 5.74) is 1.11. The largest absolute Gasteiger partial charge is 0.298 e. The standard InChI is InChI=1S/C12H13BrOS/c13-10-5-2-1-4-9(10)8-11(14)12-6-3-7-15-12/h1-2,4-5,12H,3,6-8H2. The van der Waals surface area contributed by atoms with Crippen LogP contribution >= 0.6 is 27.7 Å². The third kappa shape index (κ3) is 2.85. The number of ketones is 1. The van der Waals surface area contributed by atoms with Gasteiger partial charge in [-0.2, -0.15) is 11.8 Å². The summed E-state index contributed by atoms with van der Waals surface area (Å²) in [6.45, 7) is 0. The van der Waals surface area contributed by atoms with Crippen LogP contribution in [0.2, 0.25) is 0 Å². The summed E-state index contributed by atoms with van der Waals surface area (Å²) >= 11 is 5.29. The number of carbonyl (C=O) groups is 1. The van der Waals surface area contributed by atoms with E-state index in [0.717, 1.165) is 22.2 Å². The van der Waals surface area contributed by atoms with Crippen LogP contribution in [-0.4, -0.2) is 16.8 Å². The molecule has 1 atom stereocenters. The van der Waals surface area contributed by atoms with Gasteiger partial charge in [-0.25, -0.2) is 0 Å². The van der Waals surface area contributed by atoms with Crippen LogP contribution in [0.1, 0.15) is 18.4 Å². The number of hydrogen-bond donors (Lipinski definition) is 0. The molecule has 1 aromatic rings. The summed E-state index contributed by atoms with van der Waals surface area (Å²) in [6.07, 6.45) is 2.82. The van der Waals surface area contributed by atoms with E-state index in [2.05, 4.69) is 15.9 Å². The molecule has 0 radical (unpaired) electrons. The van der Waals surface area contributed by atoms with Crippen molar-refractivity contribution in [3.63, 3.8) is 0 Å².